The molecule has 3 aromatic rings. The minimum absolute atomic E-state index is 0.000697. The van der Waals surface area contributed by atoms with Crippen LogP contribution in [0.1, 0.15) is 35.4 Å². The average molecular weight is 415 g/mol. The smallest absolute Gasteiger partial charge is 0.272 e. The third-order valence-electron chi connectivity index (χ3n) is 4.27. The van der Waals surface area contributed by atoms with Crippen molar-refractivity contribution in [2.75, 3.05) is 0 Å². The molecular weight excluding hydrogens is 396 g/mol. The molecule has 0 aliphatic rings. The molecule has 0 aliphatic heterocycles. The summed E-state index contributed by atoms with van der Waals surface area (Å²) in [5.41, 5.74) is 1.17. The molecule has 1 N–H and O–H groups in total. The van der Waals surface area contributed by atoms with Gasteiger partial charge >= 0.3 is 0 Å². The van der Waals surface area contributed by atoms with Crippen molar-refractivity contribution in [2.45, 2.75) is 26.1 Å². The van der Waals surface area contributed by atoms with Crippen molar-refractivity contribution in [1.82, 2.24) is 15.1 Å². The topological polar surface area (TPSA) is 99.3 Å². The van der Waals surface area contributed by atoms with Gasteiger partial charge in [0, 0.05) is 18.3 Å². The maximum absolute atomic E-state index is 12.5. The number of aromatic nitrogens is 2. The lowest BCUT2D eigenvalue weighted by molar-refractivity contribution is -0.384. The fraction of sp³-hybridized carbons (Fsp3) is 0.200. The zero-order valence-corrected chi connectivity index (χ0v) is 16.4. The Hall–Kier alpha value is -3.39. The first kappa shape index (κ1) is 20.3. The highest BCUT2D eigenvalue weighted by Gasteiger charge is 2.16. The maximum atomic E-state index is 12.5. The van der Waals surface area contributed by atoms with Gasteiger partial charge in [0.05, 0.1) is 16.0 Å². The molecule has 0 radical (unpaired) electrons. The Morgan fingerprint density at radius 2 is 2.03 bits per heavy atom. The average Bonchev–Trinajstić information content (AvgIpc) is 3.20. The van der Waals surface area contributed by atoms with Crippen LogP contribution in [0, 0.1) is 10.1 Å². The number of carbonyl (C=O) groups is 1. The molecule has 0 spiro atoms. The normalized spacial score (nSPS) is 11.7. The molecule has 1 unspecified atom stereocenters. The van der Waals surface area contributed by atoms with E-state index < -0.39 is 4.92 Å². The Balaban J connectivity index is 1.61. The fourth-order valence-electron chi connectivity index (χ4n) is 2.75. The van der Waals surface area contributed by atoms with Crippen LogP contribution in [-0.2, 0) is 6.73 Å². The molecule has 1 atom stereocenters. The molecule has 1 aromatic heterocycles. The SMILES string of the molecule is CCC(NC(=O)c1ccn(COc2ccc([N+](=O)[O-])cc2Cl)n1)c1ccccc1. The molecule has 2 aromatic carbocycles. The van der Waals surface area contributed by atoms with Gasteiger partial charge in [0.15, 0.2) is 6.73 Å². The van der Waals surface area contributed by atoms with Gasteiger partial charge in [-0.15, -0.1) is 0 Å². The molecule has 0 bridgehead atoms. The van der Waals surface area contributed by atoms with E-state index >= 15 is 0 Å². The van der Waals surface area contributed by atoms with Crippen LogP contribution in [0.4, 0.5) is 5.69 Å². The van der Waals surface area contributed by atoms with Crippen molar-refractivity contribution in [3.63, 3.8) is 0 Å². The van der Waals surface area contributed by atoms with Crippen LogP contribution < -0.4 is 10.1 Å². The van der Waals surface area contributed by atoms with Gasteiger partial charge in [0.2, 0.25) is 0 Å². The van der Waals surface area contributed by atoms with Crippen molar-refractivity contribution in [3.05, 3.63) is 87.2 Å². The van der Waals surface area contributed by atoms with E-state index in [1.807, 2.05) is 37.3 Å². The van der Waals surface area contributed by atoms with E-state index in [2.05, 4.69) is 10.4 Å². The quantitative estimate of drug-likeness (QED) is 0.436. The number of non-ortho nitro benzene ring substituents is 1. The number of amides is 1. The van der Waals surface area contributed by atoms with E-state index in [1.165, 1.54) is 22.9 Å². The van der Waals surface area contributed by atoms with Gasteiger partial charge in [-0.2, -0.15) is 5.10 Å². The Morgan fingerprint density at radius 3 is 2.69 bits per heavy atom. The molecule has 1 amide bonds. The van der Waals surface area contributed by atoms with E-state index in [0.29, 0.717) is 0 Å². The summed E-state index contributed by atoms with van der Waals surface area (Å²) in [6.07, 6.45) is 2.36. The molecule has 0 fully saturated rings. The predicted octanol–water partition coefficient (Wildman–Crippen LogP) is 4.36. The number of ether oxygens (including phenoxy) is 1. The highest BCUT2D eigenvalue weighted by Crippen LogP contribution is 2.28. The minimum Gasteiger partial charge on any atom is -0.470 e. The van der Waals surface area contributed by atoms with Crippen LogP contribution in [-0.4, -0.2) is 20.6 Å². The summed E-state index contributed by atoms with van der Waals surface area (Å²) in [4.78, 5) is 22.7. The summed E-state index contributed by atoms with van der Waals surface area (Å²) < 4.78 is 6.98. The summed E-state index contributed by atoms with van der Waals surface area (Å²) in [6, 6.07) is 15.1. The molecule has 0 saturated heterocycles. The first-order valence-electron chi connectivity index (χ1n) is 8.94. The minimum atomic E-state index is -0.535. The van der Waals surface area contributed by atoms with Gasteiger partial charge < -0.3 is 10.1 Å². The predicted molar refractivity (Wildman–Crippen MR) is 108 cm³/mol. The number of hydrogen-bond acceptors (Lipinski definition) is 5. The number of nitro benzene ring substituents is 1. The molecule has 1 heterocycles. The third-order valence-corrected chi connectivity index (χ3v) is 4.56. The first-order valence-corrected chi connectivity index (χ1v) is 9.31. The van der Waals surface area contributed by atoms with Crippen LogP contribution in [0.15, 0.2) is 60.8 Å². The number of rotatable bonds is 8. The van der Waals surface area contributed by atoms with Gasteiger partial charge in [0.1, 0.15) is 11.4 Å². The number of halogens is 1. The summed E-state index contributed by atoms with van der Waals surface area (Å²) in [5.74, 6) is 0.00159. The van der Waals surface area contributed by atoms with Crippen LogP contribution in [0.5, 0.6) is 5.75 Å². The lowest BCUT2D eigenvalue weighted by Crippen LogP contribution is -2.28. The second-order valence-electron chi connectivity index (χ2n) is 6.23. The van der Waals surface area contributed by atoms with Crippen molar-refractivity contribution in [1.29, 1.82) is 0 Å². The molecule has 0 aliphatic carbocycles. The van der Waals surface area contributed by atoms with E-state index in [9.17, 15) is 14.9 Å². The number of hydrogen-bond donors (Lipinski definition) is 1. The Kier molecular flexibility index (Phi) is 6.46. The Bertz CT molecular complexity index is 1010. The number of benzene rings is 2. The number of nitrogens with one attached hydrogen (secondary N) is 1. The molecule has 150 valence electrons. The lowest BCUT2D eigenvalue weighted by Gasteiger charge is -2.16. The first-order chi connectivity index (χ1) is 14.0. The standard InChI is InChI=1S/C20H19ClN4O4/c1-2-17(14-6-4-3-5-7-14)22-20(26)18-10-11-24(23-18)13-29-19-9-8-15(25(27)28)12-16(19)21/h3-12,17H,2,13H2,1H3,(H,22,26). The molecular formula is C20H19ClN4O4. The monoisotopic (exact) mass is 414 g/mol. The molecule has 0 saturated carbocycles. The summed E-state index contributed by atoms with van der Waals surface area (Å²) in [7, 11) is 0. The second-order valence-corrected chi connectivity index (χ2v) is 6.64. The maximum Gasteiger partial charge on any atom is 0.272 e. The zero-order valence-electron chi connectivity index (χ0n) is 15.6. The fourth-order valence-corrected chi connectivity index (χ4v) is 2.98. The van der Waals surface area contributed by atoms with E-state index in [1.54, 1.807) is 12.3 Å². The number of nitro groups is 1. The second kappa shape index (κ2) is 9.20. The highest BCUT2D eigenvalue weighted by molar-refractivity contribution is 6.32. The van der Waals surface area contributed by atoms with Gasteiger partial charge in [-0.1, -0.05) is 48.9 Å². The van der Waals surface area contributed by atoms with Gasteiger partial charge in [-0.25, -0.2) is 4.68 Å². The van der Waals surface area contributed by atoms with E-state index in [0.717, 1.165) is 12.0 Å². The highest BCUT2D eigenvalue weighted by atomic mass is 35.5. The van der Waals surface area contributed by atoms with Crippen molar-refractivity contribution in [3.8, 4) is 5.75 Å². The zero-order chi connectivity index (χ0) is 20.8. The molecule has 3 rings (SSSR count). The number of carbonyl (C=O) groups excluding carboxylic acids is 1. The van der Waals surface area contributed by atoms with E-state index in [-0.39, 0.29) is 40.8 Å². The van der Waals surface area contributed by atoms with Gasteiger partial charge in [-0.05, 0) is 24.1 Å². The third kappa shape index (κ3) is 5.11. The number of nitrogens with zero attached hydrogens (tertiary/aromatic N) is 3. The molecule has 8 nitrogen and oxygen atoms in total. The Morgan fingerprint density at radius 1 is 1.28 bits per heavy atom. The van der Waals surface area contributed by atoms with Crippen molar-refractivity contribution < 1.29 is 14.5 Å². The largest absolute Gasteiger partial charge is 0.470 e. The van der Waals surface area contributed by atoms with Gasteiger partial charge in [0.25, 0.3) is 11.6 Å². The van der Waals surface area contributed by atoms with Crippen LogP contribution in [0.25, 0.3) is 0 Å². The molecule has 9 heteroatoms. The van der Waals surface area contributed by atoms with Crippen LogP contribution in [0.3, 0.4) is 0 Å². The molecule has 29 heavy (non-hydrogen) atoms. The summed E-state index contributed by atoms with van der Waals surface area (Å²) >= 11 is 6.00. The van der Waals surface area contributed by atoms with Crippen molar-refractivity contribution in [2.24, 2.45) is 0 Å². The lowest BCUT2D eigenvalue weighted by atomic mass is 10.0. The van der Waals surface area contributed by atoms with E-state index in [4.69, 9.17) is 16.3 Å². The van der Waals surface area contributed by atoms with Crippen molar-refractivity contribution >= 4 is 23.2 Å². The van der Waals surface area contributed by atoms with Crippen LogP contribution >= 0.6 is 11.6 Å². The van der Waals surface area contributed by atoms with Crippen LogP contribution in [0.2, 0.25) is 5.02 Å². The van der Waals surface area contributed by atoms with Gasteiger partial charge in [-0.3, -0.25) is 14.9 Å². The summed E-state index contributed by atoms with van der Waals surface area (Å²) in [6.45, 7) is 2.00. The Labute approximate surface area is 172 Å². The summed E-state index contributed by atoms with van der Waals surface area (Å²) in [5, 5.41) is 18.1.